The van der Waals surface area contributed by atoms with Gasteiger partial charge in [0.25, 0.3) is 0 Å². The van der Waals surface area contributed by atoms with Crippen molar-refractivity contribution < 1.29 is 9.53 Å². The molecule has 1 rings (SSSR count). The zero-order valence-electron chi connectivity index (χ0n) is 9.59. The topological polar surface area (TPSA) is 52.3 Å². The molecule has 1 aliphatic rings. The number of ether oxygens (including phenoxy) is 1. The number of carbonyl (C=O) groups excluding carboxylic acids is 1. The molecule has 0 bridgehead atoms. The first-order chi connectivity index (χ1) is 6.21. The molecule has 1 unspecified atom stereocenters. The van der Waals surface area contributed by atoms with Crippen molar-refractivity contribution in [1.29, 1.82) is 0 Å². The molecule has 0 radical (unpaired) electrons. The highest BCUT2D eigenvalue weighted by Gasteiger charge is 2.40. The third-order valence-electron chi connectivity index (χ3n) is 2.46. The van der Waals surface area contributed by atoms with Crippen LogP contribution in [-0.4, -0.2) is 17.1 Å². The zero-order chi connectivity index (χ0) is 11.0. The molecule has 82 valence electrons. The minimum Gasteiger partial charge on any atom is -0.460 e. The highest BCUT2D eigenvalue weighted by molar-refractivity contribution is 5.71. The van der Waals surface area contributed by atoms with Gasteiger partial charge in [-0.15, -0.1) is 0 Å². The second-order valence-corrected chi connectivity index (χ2v) is 5.54. The summed E-state index contributed by atoms with van der Waals surface area (Å²) in [6.07, 6.45) is 2.63. The van der Waals surface area contributed by atoms with Gasteiger partial charge >= 0.3 is 5.97 Å². The van der Waals surface area contributed by atoms with Gasteiger partial charge in [0.1, 0.15) is 5.60 Å². The van der Waals surface area contributed by atoms with Crippen molar-refractivity contribution in [2.45, 2.75) is 58.1 Å². The van der Waals surface area contributed by atoms with Gasteiger partial charge in [0, 0.05) is 5.54 Å². The van der Waals surface area contributed by atoms with E-state index in [-0.39, 0.29) is 11.5 Å². The van der Waals surface area contributed by atoms with Gasteiger partial charge in [0.2, 0.25) is 0 Å². The Labute approximate surface area is 86.0 Å². The van der Waals surface area contributed by atoms with Crippen LogP contribution in [0.2, 0.25) is 0 Å². The van der Waals surface area contributed by atoms with E-state index in [9.17, 15) is 4.79 Å². The lowest BCUT2D eigenvalue weighted by molar-refractivity contribution is -0.156. The maximum Gasteiger partial charge on any atom is 0.308 e. The minimum atomic E-state index is -0.406. The average molecular weight is 199 g/mol. The summed E-state index contributed by atoms with van der Waals surface area (Å²) < 4.78 is 5.23. The number of nitrogens with two attached hydrogens (primary N) is 1. The van der Waals surface area contributed by atoms with Crippen LogP contribution in [0.25, 0.3) is 0 Å². The van der Waals surface area contributed by atoms with E-state index in [4.69, 9.17) is 10.5 Å². The first-order valence-electron chi connectivity index (χ1n) is 5.21. The molecule has 1 saturated carbocycles. The van der Waals surface area contributed by atoms with E-state index in [0.29, 0.717) is 12.3 Å². The molecule has 0 heterocycles. The second kappa shape index (κ2) is 3.54. The Morgan fingerprint density at radius 3 is 2.21 bits per heavy atom. The van der Waals surface area contributed by atoms with E-state index in [0.717, 1.165) is 12.8 Å². The maximum absolute atomic E-state index is 11.5. The quantitative estimate of drug-likeness (QED) is 0.706. The molecule has 14 heavy (non-hydrogen) atoms. The van der Waals surface area contributed by atoms with Crippen molar-refractivity contribution in [2.24, 2.45) is 11.7 Å². The van der Waals surface area contributed by atoms with Crippen LogP contribution >= 0.6 is 0 Å². The fourth-order valence-electron chi connectivity index (χ4n) is 1.58. The summed E-state index contributed by atoms with van der Waals surface area (Å²) in [5.41, 5.74) is 5.26. The number of esters is 1. The normalized spacial score (nSPS) is 21.5. The SMILES string of the molecule is CC(C)(C)OC(=O)CC(C)(N)C1CC1. The lowest BCUT2D eigenvalue weighted by Crippen LogP contribution is -2.42. The maximum atomic E-state index is 11.5. The van der Waals surface area contributed by atoms with Gasteiger partial charge < -0.3 is 10.5 Å². The molecular weight excluding hydrogens is 178 g/mol. The second-order valence-electron chi connectivity index (χ2n) is 5.54. The third-order valence-corrected chi connectivity index (χ3v) is 2.46. The van der Waals surface area contributed by atoms with Crippen molar-refractivity contribution in [3.8, 4) is 0 Å². The highest BCUT2D eigenvalue weighted by Crippen LogP contribution is 2.39. The van der Waals surface area contributed by atoms with Crippen LogP contribution in [0.3, 0.4) is 0 Å². The Kier molecular flexibility index (Phi) is 2.91. The summed E-state index contributed by atoms with van der Waals surface area (Å²) in [5, 5.41) is 0. The highest BCUT2D eigenvalue weighted by atomic mass is 16.6. The van der Waals surface area contributed by atoms with Gasteiger partial charge in [-0.2, -0.15) is 0 Å². The summed E-state index contributed by atoms with van der Waals surface area (Å²) in [4.78, 5) is 11.5. The Bertz CT molecular complexity index is 224. The lowest BCUT2D eigenvalue weighted by Gasteiger charge is -2.26. The molecule has 1 fully saturated rings. The monoisotopic (exact) mass is 199 g/mol. The molecule has 0 amide bonds. The first-order valence-corrected chi connectivity index (χ1v) is 5.21. The summed E-state index contributed by atoms with van der Waals surface area (Å²) in [6.45, 7) is 7.55. The van der Waals surface area contributed by atoms with Crippen molar-refractivity contribution in [2.75, 3.05) is 0 Å². The number of hydrogen-bond donors (Lipinski definition) is 1. The van der Waals surface area contributed by atoms with Crippen LogP contribution < -0.4 is 5.73 Å². The van der Waals surface area contributed by atoms with Crippen molar-refractivity contribution in [3.05, 3.63) is 0 Å². The van der Waals surface area contributed by atoms with E-state index in [1.807, 2.05) is 27.7 Å². The van der Waals surface area contributed by atoms with Crippen molar-refractivity contribution in [1.82, 2.24) is 0 Å². The van der Waals surface area contributed by atoms with Crippen LogP contribution in [-0.2, 0) is 9.53 Å². The largest absolute Gasteiger partial charge is 0.460 e. The van der Waals surface area contributed by atoms with Crippen LogP contribution in [0.15, 0.2) is 0 Å². The molecule has 3 heteroatoms. The number of carbonyl (C=O) groups is 1. The summed E-state index contributed by atoms with van der Waals surface area (Å²) in [7, 11) is 0. The van der Waals surface area contributed by atoms with E-state index in [2.05, 4.69) is 0 Å². The number of hydrogen-bond acceptors (Lipinski definition) is 3. The first kappa shape index (κ1) is 11.5. The fourth-order valence-corrected chi connectivity index (χ4v) is 1.58. The Morgan fingerprint density at radius 2 is 1.86 bits per heavy atom. The van der Waals surface area contributed by atoms with Crippen molar-refractivity contribution in [3.63, 3.8) is 0 Å². The van der Waals surface area contributed by atoms with Gasteiger partial charge in [-0.1, -0.05) is 0 Å². The molecule has 1 aliphatic carbocycles. The molecule has 2 N–H and O–H groups in total. The van der Waals surface area contributed by atoms with Gasteiger partial charge in [-0.3, -0.25) is 4.79 Å². The summed E-state index contributed by atoms with van der Waals surface area (Å²) in [6, 6.07) is 0. The molecule has 0 aromatic carbocycles. The van der Waals surface area contributed by atoms with Crippen LogP contribution in [0.5, 0.6) is 0 Å². The molecule has 1 atom stereocenters. The van der Waals surface area contributed by atoms with E-state index in [1.54, 1.807) is 0 Å². The van der Waals surface area contributed by atoms with Gasteiger partial charge in [0.05, 0.1) is 6.42 Å². The fraction of sp³-hybridized carbons (Fsp3) is 0.909. The van der Waals surface area contributed by atoms with E-state index >= 15 is 0 Å². The number of rotatable bonds is 3. The van der Waals surface area contributed by atoms with Crippen LogP contribution in [0.4, 0.5) is 0 Å². The van der Waals surface area contributed by atoms with Crippen LogP contribution in [0, 0.1) is 5.92 Å². The predicted octanol–water partition coefficient (Wildman–Crippen LogP) is 1.85. The van der Waals surface area contributed by atoms with Gasteiger partial charge in [0.15, 0.2) is 0 Å². The molecule has 0 spiro atoms. The van der Waals surface area contributed by atoms with E-state index in [1.165, 1.54) is 0 Å². The van der Waals surface area contributed by atoms with E-state index < -0.39 is 5.60 Å². The smallest absolute Gasteiger partial charge is 0.308 e. The summed E-state index contributed by atoms with van der Waals surface area (Å²) >= 11 is 0. The van der Waals surface area contributed by atoms with Gasteiger partial charge in [-0.05, 0) is 46.5 Å². The molecule has 0 aromatic rings. The molecule has 0 saturated heterocycles. The average Bonchev–Trinajstić information content (AvgIpc) is 2.57. The standard InChI is InChI=1S/C11H21NO2/c1-10(2,3)14-9(13)7-11(4,12)8-5-6-8/h8H,5-7,12H2,1-4H3. The minimum absolute atomic E-state index is 0.186. The summed E-state index contributed by atoms with van der Waals surface area (Å²) in [5.74, 6) is 0.324. The van der Waals surface area contributed by atoms with Gasteiger partial charge in [-0.25, -0.2) is 0 Å². The Balaban J connectivity index is 2.40. The van der Waals surface area contributed by atoms with Crippen molar-refractivity contribution >= 4 is 5.97 Å². The Hall–Kier alpha value is -0.570. The molecule has 0 aromatic heterocycles. The lowest BCUT2D eigenvalue weighted by atomic mass is 9.93. The van der Waals surface area contributed by atoms with Crippen LogP contribution in [0.1, 0.15) is 47.0 Å². The predicted molar refractivity (Wildman–Crippen MR) is 55.8 cm³/mol. The zero-order valence-corrected chi connectivity index (χ0v) is 9.59. The molecule has 3 nitrogen and oxygen atoms in total. The third kappa shape index (κ3) is 3.66. The molecule has 0 aliphatic heterocycles. The molecular formula is C11H21NO2. The Morgan fingerprint density at radius 1 is 1.36 bits per heavy atom.